The third-order valence-electron chi connectivity index (χ3n) is 2.35. The number of benzene rings is 1. The minimum Gasteiger partial charge on any atom is -0.309 e. The van der Waals surface area contributed by atoms with Gasteiger partial charge in [-0.15, -0.1) is 0 Å². The lowest BCUT2D eigenvalue weighted by Gasteiger charge is -2.09. The normalized spacial score (nSPS) is 10.9. The van der Waals surface area contributed by atoms with E-state index in [4.69, 9.17) is 0 Å². The zero-order valence-corrected chi connectivity index (χ0v) is 9.18. The first-order valence-electron chi connectivity index (χ1n) is 5.05. The number of likely N-dealkylation sites (N-methyl/N-ethyl adjacent to an activating group) is 1. The summed E-state index contributed by atoms with van der Waals surface area (Å²) >= 11 is 0. The number of hydrogen-bond acceptors (Lipinski definition) is 1. The molecule has 78 valence electrons. The van der Waals surface area contributed by atoms with Crippen LogP contribution in [0.4, 0.5) is 4.39 Å². The van der Waals surface area contributed by atoms with E-state index in [0.717, 1.165) is 30.5 Å². The van der Waals surface area contributed by atoms with Gasteiger partial charge in [-0.1, -0.05) is 19.1 Å². The summed E-state index contributed by atoms with van der Waals surface area (Å²) in [6.45, 7) is 2.93. The molecule has 0 aliphatic carbocycles. The molecule has 0 spiro atoms. The number of nitrogens with zero attached hydrogens (tertiary/aromatic N) is 1. The summed E-state index contributed by atoms with van der Waals surface area (Å²) in [5.74, 6) is -0.0660. The van der Waals surface area contributed by atoms with Crippen LogP contribution in [0.5, 0.6) is 0 Å². The van der Waals surface area contributed by atoms with Crippen LogP contribution in [0.3, 0.4) is 0 Å². The van der Waals surface area contributed by atoms with Crippen molar-refractivity contribution in [2.75, 3.05) is 20.6 Å². The molecular formula is C12H18FN. The molecule has 0 aromatic heterocycles. The van der Waals surface area contributed by atoms with Crippen molar-refractivity contribution in [3.05, 3.63) is 35.1 Å². The summed E-state index contributed by atoms with van der Waals surface area (Å²) in [6.07, 6.45) is 1.67. The van der Waals surface area contributed by atoms with E-state index in [-0.39, 0.29) is 5.82 Å². The molecule has 2 heteroatoms. The summed E-state index contributed by atoms with van der Waals surface area (Å²) in [7, 11) is 4.05. The van der Waals surface area contributed by atoms with Crippen LogP contribution in [0.1, 0.15) is 18.1 Å². The van der Waals surface area contributed by atoms with Crippen molar-refractivity contribution >= 4 is 0 Å². The average Bonchev–Trinajstić information content (AvgIpc) is 2.15. The molecule has 0 N–H and O–H groups in total. The molecule has 0 atom stereocenters. The second-order valence-electron chi connectivity index (χ2n) is 3.83. The third-order valence-corrected chi connectivity index (χ3v) is 2.35. The van der Waals surface area contributed by atoms with Gasteiger partial charge in [-0.05, 0) is 44.1 Å². The first-order valence-corrected chi connectivity index (χ1v) is 5.05. The standard InChI is InChI=1S/C12H18FN/c1-4-11-6-5-10(9-12(11)13)7-8-14(2)3/h5-6,9H,4,7-8H2,1-3H3. The highest BCUT2D eigenvalue weighted by molar-refractivity contribution is 5.24. The average molecular weight is 195 g/mol. The second kappa shape index (κ2) is 5.11. The molecule has 0 fully saturated rings. The van der Waals surface area contributed by atoms with E-state index in [0.29, 0.717) is 0 Å². The van der Waals surface area contributed by atoms with Crippen molar-refractivity contribution in [3.63, 3.8) is 0 Å². The van der Waals surface area contributed by atoms with E-state index in [1.54, 1.807) is 6.07 Å². The van der Waals surface area contributed by atoms with Gasteiger partial charge in [-0.2, -0.15) is 0 Å². The highest BCUT2D eigenvalue weighted by Crippen LogP contribution is 2.11. The fraction of sp³-hybridized carbons (Fsp3) is 0.500. The Morgan fingerprint density at radius 3 is 2.50 bits per heavy atom. The zero-order chi connectivity index (χ0) is 10.6. The Morgan fingerprint density at radius 2 is 2.00 bits per heavy atom. The summed E-state index contributed by atoms with van der Waals surface area (Å²) in [5.41, 5.74) is 1.88. The molecule has 0 radical (unpaired) electrons. The molecule has 14 heavy (non-hydrogen) atoms. The van der Waals surface area contributed by atoms with Crippen LogP contribution in [-0.4, -0.2) is 25.5 Å². The largest absolute Gasteiger partial charge is 0.309 e. The SMILES string of the molecule is CCc1ccc(CCN(C)C)cc1F. The van der Waals surface area contributed by atoms with E-state index >= 15 is 0 Å². The highest BCUT2D eigenvalue weighted by Gasteiger charge is 2.01. The maximum Gasteiger partial charge on any atom is 0.126 e. The van der Waals surface area contributed by atoms with Gasteiger partial charge in [0, 0.05) is 6.54 Å². The van der Waals surface area contributed by atoms with Crippen LogP contribution in [0.2, 0.25) is 0 Å². The fourth-order valence-electron chi connectivity index (χ4n) is 1.39. The lowest BCUT2D eigenvalue weighted by atomic mass is 10.1. The molecule has 1 aromatic carbocycles. The van der Waals surface area contributed by atoms with Gasteiger partial charge in [0.1, 0.15) is 5.82 Å². The Morgan fingerprint density at radius 1 is 1.29 bits per heavy atom. The maximum atomic E-state index is 13.4. The molecule has 1 rings (SSSR count). The monoisotopic (exact) mass is 195 g/mol. The van der Waals surface area contributed by atoms with E-state index in [1.807, 2.05) is 33.2 Å². The minimum atomic E-state index is -0.0660. The van der Waals surface area contributed by atoms with Crippen molar-refractivity contribution in [2.24, 2.45) is 0 Å². The maximum absolute atomic E-state index is 13.4. The molecule has 1 aromatic rings. The summed E-state index contributed by atoms with van der Waals surface area (Å²) in [5, 5.41) is 0. The van der Waals surface area contributed by atoms with E-state index in [1.165, 1.54) is 0 Å². The van der Waals surface area contributed by atoms with Crippen LogP contribution < -0.4 is 0 Å². The van der Waals surface area contributed by atoms with Gasteiger partial charge in [-0.25, -0.2) is 4.39 Å². The minimum absolute atomic E-state index is 0.0660. The van der Waals surface area contributed by atoms with Crippen molar-refractivity contribution < 1.29 is 4.39 Å². The lowest BCUT2D eigenvalue weighted by molar-refractivity contribution is 0.413. The molecule has 1 nitrogen and oxygen atoms in total. The third kappa shape index (κ3) is 3.11. The molecule has 0 bridgehead atoms. The van der Waals surface area contributed by atoms with Gasteiger partial charge < -0.3 is 4.90 Å². The number of hydrogen-bond donors (Lipinski definition) is 0. The predicted molar refractivity (Wildman–Crippen MR) is 58.0 cm³/mol. The predicted octanol–water partition coefficient (Wildman–Crippen LogP) is 2.49. The van der Waals surface area contributed by atoms with Crippen LogP contribution in [0.25, 0.3) is 0 Å². The Hall–Kier alpha value is -0.890. The van der Waals surface area contributed by atoms with Crippen LogP contribution in [-0.2, 0) is 12.8 Å². The van der Waals surface area contributed by atoms with Gasteiger partial charge >= 0.3 is 0 Å². The van der Waals surface area contributed by atoms with E-state index in [9.17, 15) is 4.39 Å². The smallest absolute Gasteiger partial charge is 0.126 e. The van der Waals surface area contributed by atoms with Gasteiger partial charge in [0.15, 0.2) is 0 Å². The molecular weight excluding hydrogens is 177 g/mol. The molecule has 0 saturated carbocycles. The Kier molecular flexibility index (Phi) is 4.08. The molecule has 0 aliphatic rings. The fourth-order valence-corrected chi connectivity index (χ4v) is 1.39. The van der Waals surface area contributed by atoms with Crippen molar-refractivity contribution in [1.82, 2.24) is 4.90 Å². The van der Waals surface area contributed by atoms with E-state index in [2.05, 4.69) is 4.90 Å². The quantitative estimate of drug-likeness (QED) is 0.713. The van der Waals surface area contributed by atoms with Gasteiger partial charge in [-0.3, -0.25) is 0 Å². The second-order valence-corrected chi connectivity index (χ2v) is 3.83. The van der Waals surface area contributed by atoms with Crippen molar-refractivity contribution in [3.8, 4) is 0 Å². The molecule has 0 heterocycles. The van der Waals surface area contributed by atoms with Gasteiger partial charge in [0.2, 0.25) is 0 Å². The van der Waals surface area contributed by atoms with Gasteiger partial charge in [0.25, 0.3) is 0 Å². The first kappa shape index (κ1) is 11.2. The lowest BCUT2D eigenvalue weighted by Crippen LogP contribution is -2.15. The number of aryl methyl sites for hydroxylation is 1. The summed E-state index contributed by atoms with van der Waals surface area (Å²) in [4.78, 5) is 2.10. The first-order chi connectivity index (χ1) is 6.63. The Balaban J connectivity index is 2.66. The molecule has 0 aliphatic heterocycles. The van der Waals surface area contributed by atoms with E-state index < -0.39 is 0 Å². The van der Waals surface area contributed by atoms with Gasteiger partial charge in [0.05, 0.1) is 0 Å². The Bertz CT molecular complexity index is 294. The van der Waals surface area contributed by atoms with Crippen molar-refractivity contribution in [1.29, 1.82) is 0 Å². The number of halogens is 1. The van der Waals surface area contributed by atoms with Crippen LogP contribution in [0, 0.1) is 5.82 Å². The molecule has 0 saturated heterocycles. The van der Waals surface area contributed by atoms with Crippen molar-refractivity contribution in [2.45, 2.75) is 19.8 Å². The molecule has 0 unspecified atom stereocenters. The zero-order valence-electron chi connectivity index (χ0n) is 9.18. The topological polar surface area (TPSA) is 3.24 Å². The van der Waals surface area contributed by atoms with Crippen LogP contribution in [0.15, 0.2) is 18.2 Å². The highest BCUT2D eigenvalue weighted by atomic mass is 19.1. The van der Waals surface area contributed by atoms with Crippen LogP contribution >= 0.6 is 0 Å². The molecule has 0 amide bonds. The number of rotatable bonds is 4. The summed E-state index contributed by atoms with van der Waals surface area (Å²) < 4.78 is 13.4. The Labute approximate surface area is 85.5 Å². The summed E-state index contributed by atoms with van der Waals surface area (Å²) in [6, 6.07) is 5.56.